The number of carbonyl (C=O) groups is 2. The molecule has 0 aromatic heterocycles. The number of fused-ring (bicyclic) bond motifs is 1. The first-order valence-electron chi connectivity index (χ1n) is 11.3. The van der Waals surface area contributed by atoms with Crippen molar-refractivity contribution in [1.82, 2.24) is 5.32 Å². The third kappa shape index (κ3) is 5.32. The molecule has 1 N–H and O–H groups in total. The maximum Gasteiger partial charge on any atom is 0.294 e. The first-order valence-corrected chi connectivity index (χ1v) is 11.3. The molecule has 0 atom stereocenters. The van der Waals surface area contributed by atoms with Crippen LogP contribution in [0.5, 0.6) is 5.75 Å². The number of hydrogen-bond donors (Lipinski definition) is 1. The Morgan fingerprint density at radius 1 is 1.00 bits per heavy atom. The molecular formula is C28H28N2O3. The van der Waals surface area contributed by atoms with E-state index in [1.807, 2.05) is 67.6 Å². The molecule has 0 fully saturated rings. The fourth-order valence-electron chi connectivity index (χ4n) is 3.66. The fraction of sp³-hybridized carbons (Fsp3) is 0.214. The standard InChI is InChI=1S/C28H28N2O3/c1-3-4-17-29-27(31)23-15-13-21(14-16-23)18-26-28(32)30(19-22-11-9-20(2)10-12-22)24-7-5-6-8-25(24)33-26/h5-16,18H,3-4,17,19H2,1-2H3,(H,29,31)/b26-18+. The number of anilines is 1. The summed E-state index contributed by atoms with van der Waals surface area (Å²) in [6.07, 6.45) is 3.71. The van der Waals surface area contributed by atoms with E-state index in [0.29, 0.717) is 24.4 Å². The minimum Gasteiger partial charge on any atom is -0.449 e. The average Bonchev–Trinajstić information content (AvgIpc) is 2.83. The van der Waals surface area contributed by atoms with E-state index in [9.17, 15) is 9.59 Å². The molecule has 0 radical (unpaired) electrons. The normalized spacial score (nSPS) is 14.1. The summed E-state index contributed by atoms with van der Waals surface area (Å²) in [5, 5.41) is 2.91. The van der Waals surface area contributed by atoms with Gasteiger partial charge in [0.15, 0.2) is 11.5 Å². The second-order valence-corrected chi connectivity index (χ2v) is 8.19. The molecule has 0 aliphatic carbocycles. The Hall–Kier alpha value is -3.86. The number of ether oxygens (including phenoxy) is 1. The van der Waals surface area contributed by atoms with E-state index >= 15 is 0 Å². The molecule has 1 heterocycles. The van der Waals surface area contributed by atoms with Crippen molar-refractivity contribution in [3.05, 3.63) is 101 Å². The lowest BCUT2D eigenvalue weighted by Crippen LogP contribution is -2.36. The van der Waals surface area contributed by atoms with Gasteiger partial charge in [-0.3, -0.25) is 14.5 Å². The highest BCUT2D eigenvalue weighted by atomic mass is 16.5. The number of carbonyl (C=O) groups excluding carboxylic acids is 2. The van der Waals surface area contributed by atoms with E-state index < -0.39 is 0 Å². The average molecular weight is 441 g/mol. The third-order valence-corrected chi connectivity index (χ3v) is 5.58. The monoisotopic (exact) mass is 440 g/mol. The topological polar surface area (TPSA) is 58.6 Å². The van der Waals surface area contributed by atoms with Crippen LogP contribution in [0.1, 0.15) is 46.8 Å². The number of hydrogen-bond acceptors (Lipinski definition) is 3. The molecule has 0 unspecified atom stereocenters. The largest absolute Gasteiger partial charge is 0.449 e. The Labute approximate surface area is 194 Å². The van der Waals surface area contributed by atoms with Gasteiger partial charge in [-0.25, -0.2) is 0 Å². The minimum atomic E-state index is -0.198. The highest BCUT2D eigenvalue weighted by molar-refractivity contribution is 6.09. The van der Waals surface area contributed by atoms with Crippen LogP contribution in [0.15, 0.2) is 78.6 Å². The number of benzene rings is 3. The van der Waals surface area contributed by atoms with E-state index in [4.69, 9.17) is 4.74 Å². The smallest absolute Gasteiger partial charge is 0.294 e. The van der Waals surface area contributed by atoms with Gasteiger partial charge in [0.05, 0.1) is 12.2 Å². The van der Waals surface area contributed by atoms with E-state index in [1.54, 1.807) is 23.1 Å². The van der Waals surface area contributed by atoms with Crippen LogP contribution < -0.4 is 15.0 Å². The van der Waals surface area contributed by atoms with Crippen LogP contribution in [-0.2, 0) is 11.3 Å². The van der Waals surface area contributed by atoms with E-state index in [-0.39, 0.29) is 17.6 Å². The van der Waals surface area contributed by atoms with Crippen LogP contribution in [0, 0.1) is 6.92 Å². The second kappa shape index (κ2) is 10.2. The molecule has 0 saturated carbocycles. The Kier molecular flexibility index (Phi) is 6.89. The Balaban J connectivity index is 1.57. The fourth-order valence-corrected chi connectivity index (χ4v) is 3.66. The lowest BCUT2D eigenvalue weighted by Gasteiger charge is -2.30. The van der Waals surface area contributed by atoms with Crippen molar-refractivity contribution >= 4 is 23.6 Å². The molecule has 0 spiro atoms. The molecule has 3 aromatic rings. The van der Waals surface area contributed by atoms with E-state index in [1.165, 1.54) is 5.56 Å². The Bertz CT molecular complexity index is 1160. The first kappa shape index (κ1) is 22.3. The summed E-state index contributed by atoms with van der Waals surface area (Å²) in [6, 6.07) is 22.9. The molecule has 3 aromatic carbocycles. The molecule has 4 rings (SSSR count). The van der Waals surface area contributed by atoms with Gasteiger partial charge >= 0.3 is 0 Å². The summed E-state index contributed by atoms with van der Waals surface area (Å²) in [5.74, 6) is 0.602. The molecule has 1 aliphatic rings. The molecular weight excluding hydrogens is 412 g/mol. The van der Waals surface area contributed by atoms with Crippen LogP contribution in [0.3, 0.4) is 0 Å². The Morgan fingerprint density at radius 3 is 2.45 bits per heavy atom. The molecule has 0 bridgehead atoms. The number of nitrogens with zero attached hydrogens (tertiary/aromatic N) is 1. The summed E-state index contributed by atoms with van der Waals surface area (Å²) in [6.45, 7) is 5.25. The van der Waals surface area contributed by atoms with Gasteiger partial charge in [-0.05, 0) is 54.8 Å². The molecule has 5 nitrogen and oxygen atoms in total. The number of aryl methyl sites for hydroxylation is 1. The quantitative estimate of drug-likeness (QED) is 0.390. The summed E-state index contributed by atoms with van der Waals surface area (Å²) in [7, 11) is 0. The SMILES string of the molecule is CCCCNC(=O)c1ccc(/C=C2/Oc3ccccc3N(Cc3ccc(C)cc3)C2=O)cc1. The number of nitrogens with one attached hydrogen (secondary N) is 1. The van der Waals surface area contributed by atoms with Crippen molar-refractivity contribution in [2.45, 2.75) is 33.2 Å². The zero-order chi connectivity index (χ0) is 23.2. The Morgan fingerprint density at radius 2 is 1.73 bits per heavy atom. The summed E-state index contributed by atoms with van der Waals surface area (Å²) >= 11 is 0. The molecule has 1 aliphatic heterocycles. The zero-order valence-corrected chi connectivity index (χ0v) is 19.0. The predicted molar refractivity (Wildman–Crippen MR) is 131 cm³/mol. The number of amides is 2. The van der Waals surface area contributed by atoms with Gasteiger partial charge in [0, 0.05) is 12.1 Å². The molecule has 2 amide bonds. The summed E-state index contributed by atoms with van der Waals surface area (Å²) in [5.41, 5.74) is 4.35. The van der Waals surface area contributed by atoms with Gasteiger partial charge in [0.25, 0.3) is 11.8 Å². The van der Waals surface area contributed by atoms with E-state index in [0.717, 1.165) is 29.7 Å². The second-order valence-electron chi connectivity index (χ2n) is 8.19. The van der Waals surface area contributed by atoms with Gasteiger partial charge in [-0.2, -0.15) is 0 Å². The van der Waals surface area contributed by atoms with Gasteiger partial charge in [-0.15, -0.1) is 0 Å². The van der Waals surface area contributed by atoms with E-state index in [2.05, 4.69) is 12.2 Å². The maximum atomic E-state index is 13.4. The highest BCUT2D eigenvalue weighted by Crippen LogP contribution is 2.36. The van der Waals surface area contributed by atoms with Crippen molar-refractivity contribution in [2.24, 2.45) is 0 Å². The zero-order valence-electron chi connectivity index (χ0n) is 19.0. The molecule has 33 heavy (non-hydrogen) atoms. The van der Waals surface area contributed by atoms with Crippen molar-refractivity contribution in [3.8, 4) is 5.75 Å². The van der Waals surface area contributed by atoms with Crippen molar-refractivity contribution in [1.29, 1.82) is 0 Å². The minimum absolute atomic E-state index is 0.0918. The van der Waals surface area contributed by atoms with Crippen molar-refractivity contribution in [2.75, 3.05) is 11.4 Å². The van der Waals surface area contributed by atoms with Gasteiger partial charge in [0.2, 0.25) is 0 Å². The third-order valence-electron chi connectivity index (χ3n) is 5.58. The van der Waals surface area contributed by atoms with Gasteiger partial charge in [0.1, 0.15) is 0 Å². The highest BCUT2D eigenvalue weighted by Gasteiger charge is 2.30. The molecule has 0 saturated heterocycles. The number of unbranched alkanes of at least 4 members (excludes halogenated alkanes) is 1. The summed E-state index contributed by atoms with van der Waals surface area (Å²) in [4.78, 5) is 27.3. The number of para-hydroxylation sites is 2. The van der Waals surface area contributed by atoms with Crippen LogP contribution >= 0.6 is 0 Å². The van der Waals surface area contributed by atoms with Crippen LogP contribution in [0.2, 0.25) is 0 Å². The lowest BCUT2D eigenvalue weighted by molar-refractivity contribution is -0.117. The van der Waals surface area contributed by atoms with Gasteiger partial charge in [-0.1, -0.05) is 67.4 Å². The van der Waals surface area contributed by atoms with Crippen LogP contribution in [0.4, 0.5) is 5.69 Å². The lowest BCUT2D eigenvalue weighted by atomic mass is 10.1. The maximum absolute atomic E-state index is 13.4. The first-order chi connectivity index (χ1) is 16.0. The van der Waals surface area contributed by atoms with Crippen molar-refractivity contribution < 1.29 is 14.3 Å². The number of rotatable bonds is 7. The van der Waals surface area contributed by atoms with Crippen LogP contribution in [-0.4, -0.2) is 18.4 Å². The van der Waals surface area contributed by atoms with Gasteiger partial charge < -0.3 is 10.1 Å². The van der Waals surface area contributed by atoms with Crippen molar-refractivity contribution in [3.63, 3.8) is 0 Å². The molecule has 168 valence electrons. The molecule has 5 heteroatoms. The predicted octanol–water partition coefficient (Wildman–Crippen LogP) is 5.49. The summed E-state index contributed by atoms with van der Waals surface area (Å²) < 4.78 is 5.97. The van der Waals surface area contributed by atoms with Crippen LogP contribution in [0.25, 0.3) is 6.08 Å².